The Labute approximate surface area is 110 Å². The molecule has 0 spiro atoms. The third-order valence-electron chi connectivity index (χ3n) is 3.29. The van der Waals surface area contributed by atoms with Crippen molar-refractivity contribution in [1.82, 2.24) is 9.55 Å². The van der Waals surface area contributed by atoms with Crippen molar-refractivity contribution in [2.75, 3.05) is 0 Å². The van der Waals surface area contributed by atoms with Gasteiger partial charge in [0, 0.05) is 10.6 Å². The van der Waals surface area contributed by atoms with E-state index >= 15 is 0 Å². The molecule has 0 saturated carbocycles. The van der Waals surface area contributed by atoms with Gasteiger partial charge in [-0.1, -0.05) is 0 Å². The molecule has 2 aliphatic heterocycles. The first-order valence-electron chi connectivity index (χ1n) is 5.56. The number of hydrogen-bond donors (Lipinski definition) is 3. The number of fused-ring (bicyclic) bond motifs is 4. The molecule has 108 valence electrons. The second-order valence-corrected chi connectivity index (χ2v) is 5.11. The average molecular weight is 307 g/mol. The van der Waals surface area contributed by atoms with E-state index in [0.29, 0.717) is 0 Å². The number of aromatic amines is 1. The van der Waals surface area contributed by atoms with E-state index in [1.807, 2.05) is 4.98 Å². The predicted molar refractivity (Wildman–Crippen MR) is 59.8 cm³/mol. The van der Waals surface area contributed by atoms with Crippen molar-refractivity contribution < 1.29 is 28.2 Å². The number of aliphatic hydroxyl groups excluding tert-OH is 1. The third-order valence-corrected chi connectivity index (χ3v) is 3.72. The van der Waals surface area contributed by atoms with Crippen molar-refractivity contribution in [2.45, 2.75) is 30.7 Å². The lowest BCUT2D eigenvalue weighted by molar-refractivity contribution is -0.112. The predicted octanol–water partition coefficient (Wildman–Crippen LogP) is -1.15. The molecule has 1 saturated heterocycles. The van der Waals surface area contributed by atoms with Gasteiger partial charge in [-0.3, -0.25) is 14.3 Å². The van der Waals surface area contributed by atoms with Gasteiger partial charge >= 0.3 is 13.9 Å². The molecule has 20 heavy (non-hydrogen) atoms. The summed E-state index contributed by atoms with van der Waals surface area (Å²) in [5, 5.41) is 10.0. The molecule has 9 nitrogen and oxygen atoms in total. The van der Waals surface area contributed by atoms with Crippen LogP contribution < -0.4 is 11.2 Å². The van der Waals surface area contributed by atoms with Gasteiger partial charge in [0.1, 0.15) is 12.2 Å². The summed E-state index contributed by atoms with van der Waals surface area (Å²) in [6, 6.07) is 0.947. The number of hydrogen-bond acceptors (Lipinski definition) is 6. The maximum Gasteiger partial charge on any atom is 0.695 e. The van der Waals surface area contributed by atoms with Gasteiger partial charge in [-0.05, 0) is 0 Å². The van der Waals surface area contributed by atoms with Crippen LogP contribution in [0.5, 0.6) is 0 Å². The Hall–Kier alpha value is -1.45. The number of nitrogens with zero attached hydrogens (tertiary/aromatic N) is 1. The fourth-order valence-corrected chi connectivity index (χ4v) is 2.96. The fraction of sp³-hybridized carbons (Fsp3) is 0.556. The summed E-state index contributed by atoms with van der Waals surface area (Å²) in [5.41, 5.74) is -1.81. The van der Waals surface area contributed by atoms with E-state index in [9.17, 15) is 23.7 Å². The van der Waals surface area contributed by atoms with Gasteiger partial charge < -0.3 is 9.84 Å². The molecule has 3 heterocycles. The van der Waals surface area contributed by atoms with Crippen molar-refractivity contribution in [1.29, 1.82) is 0 Å². The van der Waals surface area contributed by atoms with Gasteiger partial charge in [0.05, 0.1) is 5.69 Å². The Morgan fingerprint density at radius 3 is 2.85 bits per heavy atom. The highest BCUT2D eigenvalue weighted by atomic mass is 31.1. The van der Waals surface area contributed by atoms with Crippen LogP contribution >= 0.6 is 8.25 Å². The smallest absolute Gasteiger partial charge is 0.384 e. The topological polar surface area (TPSA) is 131 Å². The number of halogens is 1. The van der Waals surface area contributed by atoms with E-state index in [4.69, 9.17) is 9.63 Å². The first kappa shape index (κ1) is 13.5. The molecule has 5 unspecified atom stereocenters. The quantitative estimate of drug-likeness (QED) is 0.588. The number of alkyl halides is 1. The van der Waals surface area contributed by atoms with Crippen molar-refractivity contribution in [3.8, 4) is 0 Å². The minimum absolute atomic E-state index is 0.123. The summed E-state index contributed by atoms with van der Waals surface area (Å²) in [6.07, 6.45) is -7.68. The molecule has 6 atom stereocenters. The molecule has 3 rings (SSSR count). The van der Waals surface area contributed by atoms with E-state index in [-0.39, 0.29) is 5.69 Å². The Balaban J connectivity index is 2.12. The Kier molecular flexibility index (Phi) is 3.07. The van der Waals surface area contributed by atoms with Crippen LogP contribution in [0.25, 0.3) is 0 Å². The molecule has 0 amide bonds. The van der Waals surface area contributed by atoms with E-state index in [1.54, 1.807) is 0 Å². The summed E-state index contributed by atoms with van der Waals surface area (Å²) >= 11 is 0. The SMILES string of the molecule is O=c1cc2n(c(=O)[nH]1)C1OC(C(O[P+](=O)O)C1F)[C@@H]2O. The molecular weight excluding hydrogens is 298 g/mol. The van der Waals surface area contributed by atoms with Crippen molar-refractivity contribution >= 4 is 8.25 Å². The van der Waals surface area contributed by atoms with Gasteiger partial charge in [0.25, 0.3) is 5.56 Å². The average Bonchev–Trinajstić information content (AvgIpc) is 2.62. The molecule has 0 aliphatic carbocycles. The summed E-state index contributed by atoms with van der Waals surface area (Å²) in [5.74, 6) is 0. The molecule has 0 aromatic carbocycles. The number of ether oxygens (including phenoxy) is 1. The summed E-state index contributed by atoms with van der Waals surface area (Å²) < 4.78 is 35.3. The van der Waals surface area contributed by atoms with Crippen LogP contribution in [0.3, 0.4) is 0 Å². The molecule has 2 bridgehead atoms. The Morgan fingerprint density at radius 2 is 2.20 bits per heavy atom. The van der Waals surface area contributed by atoms with Crippen LogP contribution in [-0.4, -0.2) is 37.9 Å². The van der Waals surface area contributed by atoms with Crippen LogP contribution in [0.1, 0.15) is 18.0 Å². The molecule has 0 radical (unpaired) electrons. The third kappa shape index (κ3) is 1.85. The fourth-order valence-electron chi connectivity index (χ4n) is 2.52. The molecule has 2 aliphatic rings. The van der Waals surface area contributed by atoms with Crippen LogP contribution in [-0.2, 0) is 13.8 Å². The summed E-state index contributed by atoms with van der Waals surface area (Å²) in [4.78, 5) is 33.6. The minimum atomic E-state index is -3.11. The van der Waals surface area contributed by atoms with Gasteiger partial charge in [0.2, 0.25) is 0 Å². The molecule has 1 fully saturated rings. The Morgan fingerprint density at radius 1 is 1.50 bits per heavy atom. The molecule has 11 heteroatoms. The highest BCUT2D eigenvalue weighted by molar-refractivity contribution is 7.32. The molecule has 1 aromatic heterocycles. The number of rotatable bonds is 2. The minimum Gasteiger partial charge on any atom is -0.384 e. The van der Waals surface area contributed by atoms with Gasteiger partial charge in [-0.2, -0.15) is 0 Å². The number of aromatic nitrogens is 2. The molecule has 1 aromatic rings. The van der Waals surface area contributed by atoms with Gasteiger partial charge in [-0.15, -0.1) is 9.42 Å². The van der Waals surface area contributed by atoms with E-state index in [2.05, 4.69) is 4.52 Å². The maximum absolute atomic E-state index is 14.2. The van der Waals surface area contributed by atoms with Crippen LogP contribution in [0, 0.1) is 0 Å². The van der Waals surface area contributed by atoms with Crippen molar-refractivity contribution in [3.05, 3.63) is 32.6 Å². The lowest BCUT2D eigenvalue weighted by atomic mass is 10.1. The van der Waals surface area contributed by atoms with E-state index in [0.717, 1.165) is 10.6 Å². The number of nitrogens with one attached hydrogen (secondary N) is 1. The van der Waals surface area contributed by atoms with Gasteiger partial charge in [-0.25, -0.2) is 9.18 Å². The summed E-state index contributed by atoms with van der Waals surface area (Å²) in [7, 11) is -3.11. The molecular formula is C9H9FN2O7P+. The second-order valence-electron chi connectivity index (χ2n) is 4.42. The van der Waals surface area contributed by atoms with Crippen molar-refractivity contribution in [2.24, 2.45) is 0 Å². The second kappa shape index (κ2) is 4.54. The highest BCUT2D eigenvalue weighted by Crippen LogP contribution is 2.45. The van der Waals surface area contributed by atoms with Crippen LogP contribution in [0.4, 0.5) is 4.39 Å². The standard InChI is InChI=1S/C9H8FN2O7P/c10-4-6(19-20(16)17)7-5(14)2-1-3(13)11-9(15)12(2)8(4)18-7/h1,4-8,14H,(H-,11,13,15,16,17)/p+1/t4?,5-,6?,7?,8?/m1/s1. The largest absolute Gasteiger partial charge is 0.695 e. The number of H-pyrrole nitrogens is 1. The Bertz CT molecular complexity index is 688. The zero-order chi connectivity index (χ0) is 14.6. The first-order chi connectivity index (χ1) is 9.40. The van der Waals surface area contributed by atoms with Gasteiger partial charge in [0.15, 0.2) is 18.5 Å². The van der Waals surface area contributed by atoms with E-state index in [1.165, 1.54) is 0 Å². The monoisotopic (exact) mass is 307 g/mol. The highest BCUT2D eigenvalue weighted by Gasteiger charge is 2.58. The zero-order valence-electron chi connectivity index (χ0n) is 9.67. The lowest BCUT2D eigenvalue weighted by Gasteiger charge is -2.28. The number of aliphatic hydroxyl groups is 1. The van der Waals surface area contributed by atoms with Crippen LogP contribution in [0.2, 0.25) is 0 Å². The van der Waals surface area contributed by atoms with Crippen LogP contribution in [0.15, 0.2) is 15.7 Å². The first-order valence-corrected chi connectivity index (χ1v) is 6.69. The summed E-state index contributed by atoms with van der Waals surface area (Å²) in [6.45, 7) is 0. The maximum atomic E-state index is 14.2. The normalized spacial score (nSPS) is 35.8. The van der Waals surface area contributed by atoms with Crippen molar-refractivity contribution in [3.63, 3.8) is 0 Å². The lowest BCUT2D eigenvalue weighted by Crippen LogP contribution is -2.41. The molecule has 3 N–H and O–H groups in total. The van der Waals surface area contributed by atoms with E-state index < -0.39 is 50.2 Å². The zero-order valence-corrected chi connectivity index (χ0v) is 10.6.